The van der Waals surface area contributed by atoms with Gasteiger partial charge in [-0.2, -0.15) is 0 Å². The molecule has 1 aliphatic rings. The van der Waals surface area contributed by atoms with Crippen molar-refractivity contribution in [1.82, 2.24) is 10.2 Å². The van der Waals surface area contributed by atoms with Crippen LogP contribution in [0.2, 0.25) is 0 Å². The lowest BCUT2D eigenvalue weighted by molar-refractivity contribution is 0.0735. The van der Waals surface area contributed by atoms with Crippen molar-refractivity contribution in [3.05, 3.63) is 23.8 Å². The second-order valence-corrected chi connectivity index (χ2v) is 4.57. The smallest absolute Gasteiger partial charge is 0.254 e. The molecular formula is C15H22N2O3. The number of nitrogens with one attached hydrogen (secondary N) is 1. The summed E-state index contributed by atoms with van der Waals surface area (Å²) in [4.78, 5) is 14.3. The summed E-state index contributed by atoms with van der Waals surface area (Å²) < 4.78 is 11.1. The van der Waals surface area contributed by atoms with Crippen molar-refractivity contribution in [2.24, 2.45) is 0 Å². The van der Waals surface area contributed by atoms with E-state index in [0.29, 0.717) is 30.3 Å². The van der Waals surface area contributed by atoms with E-state index in [1.54, 1.807) is 12.1 Å². The Kier molecular flexibility index (Phi) is 5.24. The molecule has 0 spiro atoms. The Hall–Kier alpha value is -1.75. The molecule has 5 heteroatoms. The lowest BCUT2D eigenvalue weighted by Crippen LogP contribution is -2.46. The topological polar surface area (TPSA) is 50.8 Å². The number of hydrogen-bond donors (Lipinski definition) is 1. The number of carbonyl (C=O) groups is 1. The normalized spacial score (nSPS) is 15.0. The van der Waals surface area contributed by atoms with Crippen LogP contribution in [0.3, 0.4) is 0 Å². The number of amides is 1. The van der Waals surface area contributed by atoms with Crippen LogP contribution >= 0.6 is 0 Å². The second kappa shape index (κ2) is 7.14. The molecule has 0 saturated carbocycles. The molecule has 0 bridgehead atoms. The molecule has 1 aromatic carbocycles. The first-order valence-corrected chi connectivity index (χ1v) is 7.16. The first kappa shape index (κ1) is 14.7. The van der Waals surface area contributed by atoms with Gasteiger partial charge in [0.25, 0.3) is 5.91 Å². The predicted octanol–water partition coefficient (Wildman–Crippen LogP) is 1.53. The van der Waals surface area contributed by atoms with Gasteiger partial charge in [0.1, 0.15) is 0 Å². The summed E-state index contributed by atoms with van der Waals surface area (Å²) in [5, 5.41) is 3.24. The molecule has 110 valence electrons. The van der Waals surface area contributed by atoms with Crippen molar-refractivity contribution < 1.29 is 14.3 Å². The Morgan fingerprint density at radius 2 is 1.80 bits per heavy atom. The summed E-state index contributed by atoms with van der Waals surface area (Å²) in [6, 6.07) is 5.39. The van der Waals surface area contributed by atoms with Gasteiger partial charge in [0.05, 0.1) is 13.2 Å². The Morgan fingerprint density at radius 1 is 1.15 bits per heavy atom. The first-order chi connectivity index (χ1) is 9.76. The highest BCUT2D eigenvalue weighted by Gasteiger charge is 2.19. The van der Waals surface area contributed by atoms with Gasteiger partial charge < -0.3 is 19.7 Å². The van der Waals surface area contributed by atoms with Gasteiger partial charge >= 0.3 is 0 Å². The molecule has 1 aliphatic heterocycles. The van der Waals surface area contributed by atoms with Crippen LogP contribution in [0.15, 0.2) is 18.2 Å². The van der Waals surface area contributed by atoms with E-state index < -0.39 is 0 Å². The quantitative estimate of drug-likeness (QED) is 0.887. The van der Waals surface area contributed by atoms with Crippen molar-refractivity contribution >= 4 is 5.91 Å². The van der Waals surface area contributed by atoms with Gasteiger partial charge in [-0.05, 0) is 32.0 Å². The van der Waals surface area contributed by atoms with Crippen LogP contribution in [-0.4, -0.2) is 50.2 Å². The Balaban J connectivity index is 2.18. The van der Waals surface area contributed by atoms with E-state index in [-0.39, 0.29) is 5.91 Å². The number of ether oxygens (including phenoxy) is 2. The summed E-state index contributed by atoms with van der Waals surface area (Å²) in [5.74, 6) is 1.37. The lowest BCUT2D eigenvalue weighted by atomic mass is 10.1. The Labute approximate surface area is 119 Å². The maximum Gasteiger partial charge on any atom is 0.254 e. The highest BCUT2D eigenvalue weighted by molar-refractivity contribution is 5.95. The SMILES string of the molecule is CCOc1ccc(C(=O)N2CCNCC2)cc1OCC. The van der Waals surface area contributed by atoms with Crippen LogP contribution in [0.4, 0.5) is 0 Å². The fraction of sp³-hybridized carbons (Fsp3) is 0.533. The van der Waals surface area contributed by atoms with E-state index >= 15 is 0 Å². The van der Waals surface area contributed by atoms with Crippen LogP contribution in [0, 0.1) is 0 Å². The highest BCUT2D eigenvalue weighted by atomic mass is 16.5. The predicted molar refractivity (Wildman–Crippen MR) is 77.6 cm³/mol. The summed E-state index contributed by atoms with van der Waals surface area (Å²) in [6.07, 6.45) is 0. The third-order valence-corrected chi connectivity index (χ3v) is 3.19. The monoisotopic (exact) mass is 278 g/mol. The van der Waals surface area contributed by atoms with Crippen molar-refractivity contribution in [2.45, 2.75) is 13.8 Å². The molecule has 0 aliphatic carbocycles. The number of piperazine rings is 1. The Bertz CT molecular complexity index is 456. The van der Waals surface area contributed by atoms with E-state index in [0.717, 1.165) is 26.2 Å². The van der Waals surface area contributed by atoms with E-state index in [4.69, 9.17) is 9.47 Å². The third-order valence-electron chi connectivity index (χ3n) is 3.19. The molecule has 1 fully saturated rings. The minimum absolute atomic E-state index is 0.0514. The molecular weight excluding hydrogens is 256 g/mol. The van der Waals surface area contributed by atoms with Gasteiger partial charge in [0, 0.05) is 31.7 Å². The molecule has 0 unspecified atom stereocenters. The third kappa shape index (κ3) is 3.42. The molecule has 1 aromatic rings. The highest BCUT2D eigenvalue weighted by Crippen LogP contribution is 2.29. The van der Waals surface area contributed by atoms with E-state index in [1.807, 2.05) is 24.8 Å². The van der Waals surface area contributed by atoms with Gasteiger partial charge in [-0.3, -0.25) is 4.79 Å². The average molecular weight is 278 g/mol. The van der Waals surface area contributed by atoms with Crippen LogP contribution in [0.5, 0.6) is 11.5 Å². The zero-order valence-corrected chi connectivity index (χ0v) is 12.1. The van der Waals surface area contributed by atoms with Crippen molar-refractivity contribution in [3.63, 3.8) is 0 Å². The van der Waals surface area contributed by atoms with Crippen molar-refractivity contribution in [1.29, 1.82) is 0 Å². The summed E-state index contributed by atoms with van der Waals surface area (Å²) in [5.41, 5.74) is 0.652. The minimum atomic E-state index is 0.0514. The zero-order chi connectivity index (χ0) is 14.4. The zero-order valence-electron chi connectivity index (χ0n) is 12.1. The van der Waals surface area contributed by atoms with Crippen molar-refractivity contribution in [3.8, 4) is 11.5 Å². The van der Waals surface area contributed by atoms with Gasteiger partial charge in [-0.15, -0.1) is 0 Å². The standard InChI is InChI=1S/C15H22N2O3/c1-3-19-13-6-5-12(11-14(13)20-4-2)15(18)17-9-7-16-8-10-17/h5-6,11,16H,3-4,7-10H2,1-2H3. The molecule has 0 aromatic heterocycles. The van der Waals surface area contributed by atoms with E-state index in [2.05, 4.69) is 5.32 Å². The lowest BCUT2D eigenvalue weighted by Gasteiger charge is -2.27. The maximum absolute atomic E-state index is 12.4. The molecule has 1 saturated heterocycles. The molecule has 20 heavy (non-hydrogen) atoms. The van der Waals surface area contributed by atoms with Crippen LogP contribution in [0.25, 0.3) is 0 Å². The van der Waals surface area contributed by atoms with E-state index in [1.165, 1.54) is 0 Å². The Morgan fingerprint density at radius 3 is 2.45 bits per heavy atom. The number of rotatable bonds is 5. The molecule has 5 nitrogen and oxygen atoms in total. The van der Waals surface area contributed by atoms with E-state index in [9.17, 15) is 4.79 Å². The van der Waals surface area contributed by atoms with Crippen molar-refractivity contribution in [2.75, 3.05) is 39.4 Å². The second-order valence-electron chi connectivity index (χ2n) is 4.57. The van der Waals surface area contributed by atoms with Gasteiger partial charge in [-0.25, -0.2) is 0 Å². The maximum atomic E-state index is 12.4. The van der Waals surface area contributed by atoms with Gasteiger partial charge in [0.2, 0.25) is 0 Å². The summed E-state index contributed by atoms with van der Waals surface area (Å²) in [7, 11) is 0. The summed E-state index contributed by atoms with van der Waals surface area (Å²) >= 11 is 0. The number of hydrogen-bond acceptors (Lipinski definition) is 4. The molecule has 0 atom stereocenters. The fourth-order valence-electron chi connectivity index (χ4n) is 2.23. The van der Waals surface area contributed by atoms with Crippen LogP contribution < -0.4 is 14.8 Å². The number of carbonyl (C=O) groups excluding carboxylic acids is 1. The number of nitrogens with zero attached hydrogens (tertiary/aromatic N) is 1. The first-order valence-electron chi connectivity index (χ1n) is 7.16. The van der Waals surface area contributed by atoms with Crippen LogP contribution in [0.1, 0.15) is 24.2 Å². The van der Waals surface area contributed by atoms with Gasteiger partial charge in [0.15, 0.2) is 11.5 Å². The average Bonchev–Trinajstić information content (AvgIpc) is 2.50. The molecule has 1 heterocycles. The molecule has 2 rings (SSSR count). The largest absolute Gasteiger partial charge is 0.490 e. The van der Waals surface area contributed by atoms with Crippen LogP contribution in [-0.2, 0) is 0 Å². The molecule has 1 amide bonds. The molecule has 0 radical (unpaired) electrons. The summed E-state index contributed by atoms with van der Waals surface area (Å²) in [6.45, 7) is 8.15. The molecule has 1 N–H and O–H groups in total. The number of benzene rings is 1. The van der Waals surface area contributed by atoms with Gasteiger partial charge in [-0.1, -0.05) is 0 Å². The fourth-order valence-corrected chi connectivity index (χ4v) is 2.23. The minimum Gasteiger partial charge on any atom is -0.490 e.